The van der Waals surface area contributed by atoms with Crippen LogP contribution >= 0.6 is 0 Å². The van der Waals surface area contributed by atoms with E-state index in [1.54, 1.807) is 36.4 Å². The van der Waals surface area contributed by atoms with E-state index < -0.39 is 0 Å². The Labute approximate surface area is 180 Å². The van der Waals surface area contributed by atoms with Gasteiger partial charge >= 0.3 is 17.9 Å². The summed E-state index contributed by atoms with van der Waals surface area (Å²) in [5.74, 6) is 0.0923. The molecule has 3 rings (SSSR count). The van der Waals surface area contributed by atoms with Crippen LogP contribution in [-0.4, -0.2) is 17.9 Å². The van der Waals surface area contributed by atoms with Gasteiger partial charge in [-0.15, -0.1) is 0 Å². The van der Waals surface area contributed by atoms with Crippen molar-refractivity contribution >= 4 is 17.9 Å². The van der Waals surface area contributed by atoms with Gasteiger partial charge in [-0.2, -0.15) is 0 Å². The number of hydrogen-bond acceptors (Lipinski definition) is 6. The first-order valence-electron chi connectivity index (χ1n) is 9.67. The Morgan fingerprint density at radius 1 is 0.484 bits per heavy atom. The van der Waals surface area contributed by atoms with Crippen molar-refractivity contribution in [2.24, 2.45) is 0 Å². The average molecular weight is 418 g/mol. The highest BCUT2D eigenvalue weighted by atomic mass is 16.5. The summed E-state index contributed by atoms with van der Waals surface area (Å²) >= 11 is 0. The standard InChI is InChI=1S/C25H22O6/c1-16(26)29-22-10-4-19(5-11-22)25(20-6-12-23(13-7-20)30-17(2)27)21-8-14-24(15-9-21)31-18(3)28/h4-15,25H,1-3H3. The summed E-state index contributed by atoms with van der Waals surface area (Å²) in [5, 5.41) is 0. The van der Waals surface area contributed by atoms with Gasteiger partial charge in [0.05, 0.1) is 0 Å². The van der Waals surface area contributed by atoms with E-state index in [1.165, 1.54) is 20.8 Å². The lowest BCUT2D eigenvalue weighted by molar-refractivity contribution is -0.132. The van der Waals surface area contributed by atoms with Gasteiger partial charge in [-0.1, -0.05) is 36.4 Å². The van der Waals surface area contributed by atoms with Crippen molar-refractivity contribution < 1.29 is 28.6 Å². The van der Waals surface area contributed by atoms with Gasteiger partial charge < -0.3 is 14.2 Å². The lowest BCUT2D eigenvalue weighted by Crippen LogP contribution is -2.06. The maximum atomic E-state index is 11.2. The van der Waals surface area contributed by atoms with E-state index in [2.05, 4.69) is 0 Å². The highest BCUT2D eigenvalue weighted by Crippen LogP contribution is 2.34. The summed E-state index contributed by atoms with van der Waals surface area (Å²) in [5.41, 5.74) is 2.91. The lowest BCUT2D eigenvalue weighted by Gasteiger charge is -2.20. The molecule has 0 aliphatic heterocycles. The Morgan fingerprint density at radius 3 is 0.903 bits per heavy atom. The zero-order chi connectivity index (χ0) is 22.4. The van der Waals surface area contributed by atoms with Crippen molar-refractivity contribution in [2.75, 3.05) is 0 Å². The van der Waals surface area contributed by atoms with Crippen LogP contribution in [0.15, 0.2) is 72.8 Å². The van der Waals surface area contributed by atoms with E-state index >= 15 is 0 Å². The van der Waals surface area contributed by atoms with Gasteiger partial charge in [0, 0.05) is 26.7 Å². The molecule has 0 radical (unpaired) electrons. The zero-order valence-electron chi connectivity index (χ0n) is 17.5. The number of carbonyl (C=O) groups is 3. The quantitative estimate of drug-likeness (QED) is 0.330. The molecular formula is C25H22O6. The van der Waals surface area contributed by atoms with Crippen LogP contribution in [0.25, 0.3) is 0 Å². The normalized spacial score (nSPS) is 10.5. The maximum Gasteiger partial charge on any atom is 0.308 e. The molecule has 0 aliphatic carbocycles. The Hall–Kier alpha value is -3.93. The van der Waals surface area contributed by atoms with Crippen LogP contribution < -0.4 is 14.2 Å². The first-order valence-corrected chi connectivity index (χ1v) is 9.67. The summed E-state index contributed by atoms with van der Waals surface area (Å²) in [6, 6.07) is 21.8. The second-order valence-corrected chi connectivity index (χ2v) is 6.92. The largest absolute Gasteiger partial charge is 0.427 e. The van der Waals surface area contributed by atoms with Crippen molar-refractivity contribution in [3.8, 4) is 17.2 Å². The molecule has 0 aliphatic rings. The van der Waals surface area contributed by atoms with Crippen molar-refractivity contribution in [1.82, 2.24) is 0 Å². The third-order valence-electron chi connectivity index (χ3n) is 4.43. The van der Waals surface area contributed by atoms with Crippen LogP contribution in [0, 0.1) is 0 Å². The first-order chi connectivity index (χ1) is 14.8. The lowest BCUT2D eigenvalue weighted by atomic mass is 9.85. The molecular weight excluding hydrogens is 396 g/mol. The monoisotopic (exact) mass is 418 g/mol. The van der Waals surface area contributed by atoms with Crippen LogP contribution in [0.2, 0.25) is 0 Å². The van der Waals surface area contributed by atoms with Crippen molar-refractivity contribution in [3.05, 3.63) is 89.5 Å². The highest BCUT2D eigenvalue weighted by molar-refractivity contribution is 5.70. The van der Waals surface area contributed by atoms with Gasteiger partial charge in [0.2, 0.25) is 0 Å². The van der Waals surface area contributed by atoms with E-state index in [9.17, 15) is 14.4 Å². The second-order valence-electron chi connectivity index (χ2n) is 6.92. The number of rotatable bonds is 6. The molecule has 0 amide bonds. The summed E-state index contributed by atoms with van der Waals surface area (Å²) in [6.45, 7) is 4.06. The molecule has 31 heavy (non-hydrogen) atoms. The molecule has 0 fully saturated rings. The number of ether oxygens (including phenoxy) is 3. The molecule has 0 atom stereocenters. The minimum absolute atomic E-state index is 0.149. The Balaban J connectivity index is 1.98. The smallest absolute Gasteiger partial charge is 0.308 e. The van der Waals surface area contributed by atoms with Gasteiger partial charge in [-0.3, -0.25) is 14.4 Å². The summed E-state index contributed by atoms with van der Waals surface area (Å²) in [4.78, 5) is 33.6. The van der Waals surface area contributed by atoms with Crippen LogP contribution in [-0.2, 0) is 14.4 Å². The minimum Gasteiger partial charge on any atom is -0.427 e. The molecule has 158 valence electrons. The van der Waals surface area contributed by atoms with Crippen LogP contribution in [0.4, 0.5) is 0 Å². The molecule has 0 aromatic heterocycles. The van der Waals surface area contributed by atoms with Crippen LogP contribution in [0.5, 0.6) is 17.2 Å². The molecule has 0 N–H and O–H groups in total. The van der Waals surface area contributed by atoms with Crippen LogP contribution in [0.3, 0.4) is 0 Å². The SMILES string of the molecule is CC(=O)Oc1ccc(C(c2ccc(OC(C)=O)cc2)c2ccc(OC(C)=O)cc2)cc1. The fourth-order valence-corrected chi connectivity index (χ4v) is 3.26. The van der Waals surface area contributed by atoms with Gasteiger partial charge in [-0.25, -0.2) is 0 Å². The van der Waals surface area contributed by atoms with E-state index in [0.29, 0.717) is 17.2 Å². The van der Waals surface area contributed by atoms with Gasteiger partial charge in [0.15, 0.2) is 0 Å². The fraction of sp³-hybridized carbons (Fsp3) is 0.160. The molecule has 6 nitrogen and oxygen atoms in total. The summed E-state index contributed by atoms with van der Waals surface area (Å²) in [6.07, 6.45) is 0. The van der Waals surface area contributed by atoms with Gasteiger partial charge in [-0.05, 0) is 53.1 Å². The molecule has 0 spiro atoms. The Morgan fingerprint density at radius 2 is 0.710 bits per heavy atom. The van der Waals surface area contributed by atoms with Crippen LogP contribution in [0.1, 0.15) is 43.4 Å². The molecule has 0 bridgehead atoms. The molecule has 3 aromatic carbocycles. The number of carbonyl (C=O) groups excluding carboxylic acids is 3. The molecule has 6 heteroatoms. The number of hydrogen-bond donors (Lipinski definition) is 0. The molecule has 0 saturated heterocycles. The highest BCUT2D eigenvalue weighted by Gasteiger charge is 2.18. The Bertz CT molecular complexity index is 925. The zero-order valence-corrected chi connectivity index (χ0v) is 17.5. The van der Waals surface area contributed by atoms with Gasteiger partial charge in [0.1, 0.15) is 17.2 Å². The molecule has 3 aromatic rings. The average Bonchev–Trinajstić information content (AvgIpc) is 2.71. The molecule has 0 heterocycles. The predicted octanol–water partition coefficient (Wildman–Crippen LogP) is 4.64. The third kappa shape index (κ3) is 6.02. The maximum absolute atomic E-state index is 11.2. The summed E-state index contributed by atoms with van der Waals surface area (Å²) in [7, 11) is 0. The van der Waals surface area contributed by atoms with Crippen molar-refractivity contribution in [1.29, 1.82) is 0 Å². The van der Waals surface area contributed by atoms with Gasteiger partial charge in [0.25, 0.3) is 0 Å². The Kier molecular flexibility index (Phi) is 6.82. The van der Waals surface area contributed by atoms with Crippen molar-refractivity contribution in [3.63, 3.8) is 0 Å². The molecule has 0 saturated carbocycles. The van der Waals surface area contributed by atoms with E-state index in [4.69, 9.17) is 14.2 Å². The minimum atomic E-state index is -0.383. The summed E-state index contributed by atoms with van der Waals surface area (Å²) < 4.78 is 15.4. The van der Waals surface area contributed by atoms with Crippen molar-refractivity contribution in [2.45, 2.75) is 26.7 Å². The number of benzene rings is 3. The predicted molar refractivity (Wildman–Crippen MR) is 114 cm³/mol. The second kappa shape index (κ2) is 9.71. The molecule has 0 unspecified atom stereocenters. The van der Waals surface area contributed by atoms with E-state index in [1.807, 2.05) is 36.4 Å². The van der Waals surface area contributed by atoms with E-state index in [-0.39, 0.29) is 23.8 Å². The first kappa shape index (κ1) is 21.8. The topological polar surface area (TPSA) is 78.9 Å². The fourth-order valence-electron chi connectivity index (χ4n) is 3.26. The number of esters is 3. The third-order valence-corrected chi connectivity index (χ3v) is 4.43. The van der Waals surface area contributed by atoms with E-state index in [0.717, 1.165) is 16.7 Å².